The predicted molar refractivity (Wildman–Crippen MR) is 132 cm³/mol. The van der Waals surface area contributed by atoms with Crippen LogP contribution in [0.3, 0.4) is 0 Å². The minimum absolute atomic E-state index is 0.179. The molecule has 0 atom stereocenters. The van der Waals surface area contributed by atoms with Crippen LogP contribution in [-0.4, -0.2) is 16.6 Å². The lowest BCUT2D eigenvalue weighted by molar-refractivity contribution is 0.0990. The van der Waals surface area contributed by atoms with Crippen LogP contribution in [0.1, 0.15) is 61.1 Å². The molecule has 0 N–H and O–H groups in total. The average Bonchev–Trinajstić information content (AvgIpc) is 3.44. The number of rotatable bonds is 3. The fraction of sp³-hybridized carbons (Fsp3) is 0.148. The van der Waals surface area contributed by atoms with Crippen LogP contribution < -0.4 is 0 Å². The molecule has 0 amide bonds. The van der Waals surface area contributed by atoms with Gasteiger partial charge in [0.05, 0.1) is 10.3 Å². The van der Waals surface area contributed by atoms with Gasteiger partial charge in [-0.1, -0.05) is 38.0 Å². The Morgan fingerprint density at radius 1 is 0.875 bits per heavy atom. The molecule has 0 spiro atoms. The van der Waals surface area contributed by atoms with Gasteiger partial charge in [-0.05, 0) is 66.3 Å². The van der Waals surface area contributed by atoms with Crippen LogP contribution in [0.25, 0.3) is 15.6 Å². The normalized spacial score (nSPS) is 12.8. The first kappa shape index (κ1) is 20.6. The topological polar surface area (TPSA) is 47.0 Å². The third-order valence-electron chi connectivity index (χ3n) is 5.56. The van der Waals surface area contributed by atoms with Crippen molar-refractivity contribution in [2.24, 2.45) is 0 Å². The predicted octanol–water partition coefficient (Wildman–Crippen LogP) is 6.35. The molecule has 0 saturated heterocycles. The van der Waals surface area contributed by atoms with Crippen molar-refractivity contribution < 1.29 is 9.59 Å². The number of carbonyl (C=O) groups is 2. The summed E-state index contributed by atoms with van der Waals surface area (Å²) in [6.45, 7) is 4.14. The number of hydrogen-bond donors (Lipinski definition) is 0. The van der Waals surface area contributed by atoms with Crippen LogP contribution in [0.4, 0.5) is 0 Å². The second-order valence-electron chi connectivity index (χ2n) is 7.54. The Morgan fingerprint density at radius 2 is 1.53 bits per heavy atom. The maximum atomic E-state index is 13.0. The summed E-state index contributed by atoms with van der Waals surface area (Å²) in [5, 5.41) is 0.758. The number of ketones is 2. The van der Waals surface area contributed by atoms with E-state index < -0.39 is 0 Å². The third kappa shape index (κ3) is 3.62. The van der Waals surface area contributed by atoms with Crippen LogP contribution >= 0.6 is 22.7 Å². The van der Waals surface area contributed by atoms with Crippen molar-refractivity contribution in [3.05, 3.63) is 91.8 Å². The van der Waals surface area contributed by atoms with E-state index in [1.807, 2.05) is 48.5 Å². The zero-order valence-electron chi connectivity index (χ0n) is 17.7. The number of nitrogens with zero attached hydrogens (tertiary/aromatic N) is 1. The molecule has 0 bridgehead atoms. The maximum absolute atomic E-state index is 13.0. The van der Waals surface area contributed by atoms with Gasteiger partial charge in [0.2, 0.25) is 0 Å². The van der Waals surface area contributed by atoms with E-state index in [1.165, 1.54) is 22.7 Å². The van der Waals surface area contributed by atoms with E-state index in [0.717, 1.165) is 48.9 Å². The van der Waals surface area contributed by atoms with Crippen molar-refractivity contribution in [3.63, 3.8) is 0 Å². The van der Waals surface area contributed by atoms with Crippen LogP contribution in [0.5, 0.6) is 0 Å². The van der Waals surface area contributed by atoms with Crippen LogP contribution in [0, 0.1) is 11.8 Å². The fourth-order valence-corrected chi connectivity index (χ4v) is 5.94. The van der Waals surface area contributed by atoms with Crippen molar-refractivity contribution >= 4 is 49.8 Å². The van der Waals surface area contributed by atoms with E-state index in [4.69, 9.17) is 0 Å². The molecule has 2 aromatic heterocycles. The van der Waals surface area contributed by atoms with Gasteiger partial charge in [-0.15, -0.1) is 22.7 Å². The van der Waals surface area contributed by atoms with Gasteiger partial charge in [0, 0.05) is 21.6 Å². The van der Waals surface area contributed by atoms with E-state index >= 15 is 0 Å². The Bertz CT molecular complexity index is 1400. The number of thiophene rings is 1. The van der Waals surface area contributed by atoms with Crippen molar-refractivity contribution in [2.45, 2.75) is 26.7 Å². The first-order chi connectivity index (χ1) is 15.6. The quantitative estimate of drug-likeness (QED) is 0.206. The van der Waals surface area contributed by atoms with Gasteiger partial charge in [-0.25, -0.2) is 4.98 Å². The third-order valence-corrected chi connectivity index (χ3v) is 7.59. The summed E-state index contributed by atoms with van der Waals surface area (Å²) in [7, 11) is 0. The lowest BCUT2D eigenvalue weighted by atomic mass is 9.96. The smallest absolute Gasteiger partial charge is 0.197 e. The molecule has 2 aromatic carbocycles. The lowest BCUT2D eigenvalue weighted by Crippen LogP contribution is -1.99. The summed E-state index contributed by atoms with van der Waals surface area (Å²) in [6.07, 6.45) is 3.41. The number of carbonyl (C=O) groups excluding carboxylic acids is 2. The summed E-state index contributed by atoms with van der Waals surface area (Å²) in [5.41, 5.74) is 4.54. The Kier molecular flexibility index (Phi) is 5.34. The average molecular weight is 454 g/mol. The summed E-state index contributed by atoms with van der Waals surface area (Å²) in [6, 6.07) is 15.6. The number of fused-ring (bicyclic) bond motifs is 2. The molecule has 1 aliphatic rings. The molecule has 4 aromatic rings. The van der Waals surface area contributed by atoms with Gasteiger partial charge in [-0.2, -0.15) is 0 Å². The molecular formula is C27H19NO2S2. The number of Topliss-reactive ketones (excluding diaryl/α,β-unsaturated/α-hetero) is 2. The molecule has 3 nitrogen and oxygen atoms in total. The molecule has 1 aliphatic carbocycles. The van der Waals surface area contributed by atoms with Gasteiger partial charge < -0.3 is 0 Å². The van der Waals surface area contributed by atoms with E-state index in [2.05, 4.69) is 30.7 Å². The van der Waals surface area contributed by atoms with E-state index in [0.29, 0.717) is 11.1 Å². The number of allylic oxidation sites excluding steroid dienone is 1. The molecule has 0 saturated carbocycles. The molecule has 0 aliphatic heterocycles. The van der Waals surface area contributed by atoms with Gasteiger partial charge >= 0.3 is 0 Å². The van der Waals surface area contributed by atoms with Crippen molar-refractivity contribution in [1.82, 2.24) is 4.98 Å². The SMILES string of the molecule is CCc1cc2c(cc1CC)C(=O)C(=Cc1cc3sc(C#Cc4ccccc4)nc3s1)C2=O. The summed E-state index contributed by atoms with van der Waals surface area (Å²) in [4.78, 5) is 32.3. The minimum atomic E-state index is -0.179. The minimum Gasteiger partial charge on any atom is -0.288 e. The Hall–Kier alpha value is -3.33. The Balaban J connectivity index is 1.45. The number of aromatic nitrogens is 1. The first-order valence-corrected chi connectivity index (χ1v) is 12.1. The second kappa shape index (κ2) is 8.31. The molecule has 0 fully saturated rings. The molecule has 5 heteroatoms. The summed E-state index contributed by atoms with van der Waals surface area (Å²) in [5.74, 6) is 5.89. The maximum Gasteiger partial charge on any atom is 0.197 e. The van der Waals surface area contributed by atoms with Crippen molar-refractivity contribution in [2.75, 3.05) is 0 Å². The van der Waals surface area contributed by atoms with E-state index in [1.54, 1.807) is 6.08 Å². The second-order valence-corrected chi connectivity index (χ2v) is 9.64. The highest BCUT2D eigenvalue weighted by Crippen LogP contribution is 2.35. The number of aryl methyl sites for hydroxylation is 2. The fourth-order valence-electron chi connectivity index (χ4n) is 3.91. The molecule has 156 valence electrons. The molecule has 5 rings (SSSR count). The van der Waals surface area contributed by atoms with Gasteiger partial charge in [0.15, 0.2) is 16.6 Å². The molecular weight excluding hydrogens is 434 g/mol. The van der Waals surface area contributed by atoms with Gasteiger partial charge in [-0.3, -0.25) is 9.59 Å². The number of benzene rings is 2. The Morgan fingerprint density at radius 3 is 2.12 bits per heavy atom. The Labute approximate surface area is 194 Å². The largest absolute Gasteiger partial charge is 0.288 e. The van der Waals surface area contributed by atoms with Crippen LogP contribution in [-0.2, 0) is 12.8 Å². The molecule has 0 unspecified atom stereocenters. The number of hydrogen-bond acceptors (Lipinski definition) is 5. The van der Waals surface area contributed by atoms with Gasteiger partial charge in [0.25, 0.3) is 0 Å². The highest BCUT2D eigenvalue weighted by molar-refractivity contribution is 7.27. The standard InChI is InChI=1S/C27H19NO2S2/c1-3-17-12-20-21(13-18(17)4-2)26(30)22(25(20)29)14-19-15-23-27(31-19)28-24(32-23)11-10-16-8-6-5-7-9-16/h5-9,12-15H,3-4H2,1-2H3. The van der Waals surface area contributed by atoms with E-state index in [9.17, 15) is 9.59 Å². The first-order valence-electron chi connectivity index (χ1n) is 10.5. The van der Waals surface area contributed by atoms with E-state index in [-0.39, 0.29) is 17.1 Å². The van der Waals surface area contributed by atoms with Crippen LogP contribution in [0.15, 0.2) is 54.1 Å². The summed E-state index contributed by atoms with van der Waals surface area (Å²) < 4.78 is 1.01. The molecule has 0 radical (unpaired) electrons. The van der Waals surface area contributed by atoms with Crippen molar-refractivity contribution in [1.29, 1.82) is 0 Å². The van der Waals surface area contributed by atoms with Crippen LogP contribution in [0.2, 0.25) is 0 Å². The summed E-state index contributed by atoms with van der Waals surface area (Å²) >= 11 is 3.00. The molecule has 32 heavy (non-hydrogen) atoms. The zero-order valence-corrected chi connectivity index (χ0v) is 19.3. The zero-order chi connectivity index (χ0) is 22.2. The molecule has 2 heterocycles. The van der Waals surface area contributed by atoms with Crippen molar-refractivity contribution in [3.8, 4) is 11.8 Å². The lowest BCUT2D eigenvalue weighted by Gasteiger charge is -2.07. The van der Waals surface area contributed by atoms with Gasteiger partial charge in [0.1, 0.15) is 4.83 Å². The monoisotopic (exact) mass is 453 g/mol. The highest BCUT2D eigenvalue weighted by Gasteiger charge is 2.34. The number of thiazole rings is 1. The highest BCUT2D eigenvalue weighted by atomic mass is 32.1.